The highest BCUT2D eigenvalue weighted by Gasteiger charge is 2.10. The van der Waals surface area contributed by atoms with Gasteiger partial charge in [0.2, 0.25) is 0 Å². The molecule has 0 aliphatic carbocycles. The second kappa shape index (κ2) is 7.88. The van der Waals surface area contributed by atoms with E-state index < -0.39 is 5.97 Å². The van der Waals surface area contributed by atoms with Crippen molar-refractivity contribution in [2.75, 3.05) is 20.3 Å². The summed E-state index contributed by atoms with van der Waals surface area (Å²) < 4.78 is 10.0. The summed E-state index contributed by atoms with van der Waals surface area (Å²) in [5.41, 5.74) is 10.7. The van der Waals surface area contributed by atoms with Crippen LogP contribution in [0.4, 0.5) is 0 Å². The van der Waals surface area contributed by atoms with Crippen LogP contribution in [0.1, 0.15) is 23.2 Å². The average Bonchev–Trinajstić information content (AvgIpc) is 2.42. The number of carbonyl (C=O) groups is 1. The zero-order valence-electron chi connectivity index (χ0n) is 11.3. The molecule has 5 N–H and O–H groups in total. The highest BCUT2D eigenvalue weighted by molar-refractivity contribution is 5.90. The number of nitrogens with zero attached hydrogens (tertiary/aromatic N) is 1. The summed E-state index contributed by atoms with van der Waals surface area (Å²) in [4.78, 5) is 15.6. The largest absolute Gasteiger partial charge is 0.504 e. The third-order valence-electron chi connectivity index (χ3n) is 2.50. The van der Waals surface area contributed by atoms with E-state index in [-0.39, 0.29) is 24.1 Å². The SMILES string of the molecule is COc1cc(C(=O)OCCCCN=C(N)N)ccc1O. The van der Waals surface area contributed by atoms with Crippen LogP contribution in [0.15, 0.2) is 23.2 Å². The van der Waals surface area contributed by atoms with Gasteiger partial charge in [0.1, 0.15) is 0 Å². The second-order valence-corrected chi connectivity index (χ2v) is 4.04. The van der Waals surface area contributed by atoms with Gasteiger partial charge in [0, 0.05) is 6.54 Å². The molecule has 0 aromatic heterocycles. The zero-order chi connectivity index (χ0) is 15.0. The number of phenolic OH excluding ortho intramolecular Hbond substituents is 1. The monoisotopic (exact) mass is 281 g/mol. The number of benzene rings is 1. The standard InChI is InChI=1S/C13H19N3O4/c1-19-11-8-9(4-5-10(11)17)12(18)20-7-3-2-6-16-13(14)15/h4-5,8,17H,2-3,6-7H2,1H3,(H4,14,15,16). The molecule has 0 atom stereocenters. The molecule has 0 saturated heterocycles. The van der Waals surface area contributed by atoms with Gasteiger partial charge >= 0.3 is 5.97 Å². The Morgan fingerprint density at radius 3 is 2.75 bits per heavy atom. The molecule has 0 aliphatic heterocycles. The molecule has 0 saturated carbocycles. The highest BCUT2D eigenvalue weighted by atomic mass is 16.5. The number of guanidine groups is 1. The summed E-state index contributed by atoms with van der Waals surface area (Å²) in [6, 6.07) is 4.28. The molecule has 0 heterocycles. The van der Waals surface area contributed by atoms with E-state index in [9.17, 15) is 9.90 Å². The first-order valence-corrected chi connectivity index (χ1v) is 6.14. The van der Waals surface area contributed by atoms with Gasteiger partial charge < -0.3 is 26.0 Å². The van der Waals surface area contributed by atoms with Gasteiger partial charge in [0.15, 0.2) is 17.5 Å². The van der Waals surface area contributed by atoms with Crippen molar-refractivity contribution in [2.24, 2.45) is 16.5 Å². The van der Waals surface area contributed by atoms with Crippen molar-refractivity contribution < 1.29 is 19.4 Å². The summed E-state index contributed by atoms with van der Waals surface area (Å²) in [6.45, 7) is 0.787. The van der Waals surface area contributed by atoms with Crippen molar-refractivity contribution in [1.29, 1.82) is 0 Å². The lowest BCUT2D eigenvalue weighted by molar-refractivity contribution is 0.0498. The lowest BCUT2D eigenvalue weighted by atomic mass is 10.2. The number of aliphatic imine (C=N–C) groups is 1. The van der Waals surface area contributed by atoms with E-state index in [0.717, 1.165) is 6.42 Å². The van der Waals surface area contributed by atoms with Gasteiger partial charge in [-0.05, 0) is 31.0 Å². The second-order valence-electron chi connectivity index (χ2n) is 4.04. The Morgan fingerprint density at radius 2 is 2.10 bits per heavy atom. The number of methoxy groups -OCH3 is 1. The fourth-order valence-corrected chi connectivity index (χ4v) is 1.47. The van der Waals surface area contributed by atoms with Gasteiger partial charge in [-0.15, -0.1) is 0 Å². The maximum absolute atomic E-state index is 11.7. The van der Waals surface area contributed by atoms with E-state index in [1.807, 2.05) is 0 Å². The number of carbonyl (C=O) groups excluding carboxylic acids is 1. The number of esters is 1. The Hall–Kier alpha value is -2.44. The molecule has 20 heavy (non-hydrogen) atoms. The summed E-state index contributed by atoms with van der Waals surface area (Å²) in [6.07, 6.45) is 1.39. The molecule has 1 rings (SSSR count). The van der Waals surface area contributed by atoms with Crippen molar-refractivity contribution in [3.63, 3.8) is 0 Å². The smallest absolute Gasteiger partial charge is 0.338 e. The minimum absolute atomic E-state index is 0.0266. The molecule has 0 fully saturated rings. The van der Waals surface area contributed by atoms with E-state index in [1.54, 1.807) is 0 Å². The molecule has 0 spiro atoms. The molecule has 0 radical (unpaired) electrons. The van der Waals surface area contributed by atoms with Crippen LogP contribution >= 0.6 is 0 Å². The Bertz CT molecular complexity index is 485. The molecule has 7 nitrogen and oxygen atoms in total. The van der Waals surface area contributed by atoms with E-state index in [4.69, 9.17) is 20.9 Å². The van der Waals surface area contributed by atoms with E-state index in [2.05, 4.69) is 4.99 Å². The molecule has 0 bridgehead atoms. The minimum Gasteiger partial charge on any atom is -0.504 e. The van der Waals surface area contributed by atoms with Crippen LogP contribution in [-0.2, 0) is 4.74 Å². The normalized spacial score (nSPS) is 9.85. The number of ether oxygens (including phenoxy) is 2. The number of hydrogen-bond donors (Lipinski definition) is 3. The zero-order valence-corrected chi connectivity index (χ0v) is 11.3. The fourth-order valence-electron chi connectivity index (χ4n) is 1.47. The maximum Gasteiger partial charge on any atom is 0.338 e. The van der Waals surface area contributed by atoms with Crippen LogP contribution in [0, 0.1) is 0 Å². The van der Waals surface area contributed by atoms with Gasteiger partial charge in [0.05, 0.1) is 19.3 Å². The van der Waals surface area contributed by atoms with Crippen molar-refractivity contribution in [1.82, 2.24) is 0 Å². The summed E-state index contributed by atoms with van der Waals surface area (Å²) in [7, 11) is 1.41. The minimum atomic E-state index is -0.467. The number of rotatable bonds is 7. The molecule has 110 valence electrons. The van der Waals surface area contributed by atoms with Crippen LogP contribution in [0.2, 0.25) is 0 Å². The lowest BCUT2D eigenvalue weighted by Gasteiger charge is -2.07. The molecule has 7 heteroatoms. The first-order valence-electron chi connectivity index (χ1n) is 6.14. The van der Waals surface area contributed by atoms with Gasteiger partial charge in [0.25, 0.3) is 0 Å². The predicted octanol–water partition coefficient (Wildman–Crippen LogP) is 0.611. The molecule has 0 amide bonds. The first kappa shape index (κ1) is 15.6. The van der Waals surface area contributed by atoms with E-state index >= 15 is 0 Å². The predicted molar refractivity (Wildman–Crippen MR) is 74.9 cm³/mol. The molecule has 0 unspecified atom stereocenters. The average molecular weight is 281 g/mol. The van der Waals surface area contributed by atoms with Crippen LogP contribution in [0.3, 0.4) is 0 Å². The quantitative estimate of drug-likeness (QED) is 0.291. The topological polar surface area (TPSA) is 120 Å². The van der Waals surface area contributed by atoms with E-state index in [0.29, 0.717) is 18.5 Å². The molecular weight excluding hydrogens is 262 g/mol. The number of aromatic hydroxyl groups is 1. The van der Waals surface area contributed by atoms with Crippen molar-refractivity contribution in [2.45, 2.75) is 12.8 Å². The third kappa shape index (κ3) is 5.05. The lowest BCUT2D eigenvalue weighted by Crippen LogP contribution is -2.23. The van der Waals surface area contributed by atoms with Crippen LogP contribution in [0.5, 0.6) is 11.5 Å². The van der Waals surface area contributed by atoms with Gasteiger partial charge in [-0.2, -0.15) is 0 Å². The maximum atomic E-state index is 11.7. The van der Waals surface area contributed by atoms with Crippen LogP contribution in [-0.4, -0.2) is 37.3 Å². The van der Waals surface area contributed by atoms with Crippen molar-refractivity contribution in [3.8, 4) is 11.5 Å². The molecule has 1 aromatic carbocycles. The molecular formula is C13H19N3O4. The number of hydrogen-bond acceptors (Lipinski definition) is 5. The Morgan fingerprint density at radius 1 is 1.35 bits per heavy atom. The van der Waals surface area contributed by atoms with Gasteiger partial charge in [-0.1, -0.05) is 0 Å². The first-order chi connectivity index (χ1) is 9.54. The van der Waals surface area contributed by atoms with Gasteiger partial charge in [-0.3, -0.25) is 4.99 Å². The third-order valence-corrected chi connectivity index (χ3v) is 2.50. The Kier molecular flexibility index (Phi) is 6.15. The van der Waals surface area contributed by atoms with Crippen LogP contribution in [0.25, 0.3) is 0 Å². The fraction of sp³-hybridized carbons (Fsp3) is 0.385. The Labute approximate surface area is 117 Å². The van der Waals surface area contributed by atoms with Gasteiger partial charge in [-0.25, -0.2) is 4.79 Å². The highest BCUT2D eigenvalue weighted by Crippen LogP contribution is 2.26. The number of nitrogens with two attached hydrogens (primary N) is 2. The molecule has 1 aromatic rings. The van der Waals surface area contributed by atoms with Crippen molar-refractivity contribution >= 4 is 11.9 Å². The number of phenols is 1. The Balaban J connectivity index is 2.38. The van der Waals surface area contributed by atoms with Crippen LogP contribution < -0.4 is 16.2 Å². The van der Waals surface area contributed by atoms with Crippen molar-refractivity contribution in [3.05, 3.63) is 23.8 Å². The number of unbranched alkanes of at least 4 members (excludes halogenated alkanes) is 1. The summed E-state index contributed by atoms with van der Waals surface area (Å²) in [5.74, 6) is -0.211. The summed E-state index contributed by atoms with van der Waals surface area (Å²) in [5, 5.41) is 9.42. The summed E-state index contributed by atoms with van der Waals surface area (Å²) >= 11 is 0. The molecule has 0 aliphatic rings. The van der Waals surface area contributed by atoms with E-state index in [1.165, 1.54) is 25.3 Å².